The maximum atomic E-state index is 5.78. The van der Waals surface area contributed by atoms with E-state index in [4.69, 9.17) is 16.3 Å². The first-order valence-electron chi connectivity index (χ1n) is 4.23. The zero-order chi connectivity index (χ0) is 8.39. The Morgan fingerprint density at radius 3 is 2.58 bits per heavy atom. The van der Waals surface area contributed by atoms with Crippen molar-refractivity contribution in [2.45, 2.75) is 18.9 Å². The summed E-state index contributed by atoms with van der Waals surface area (Å²) in [5.41, 5.74) is 1.25. The molecular weight excluding hydrogens is 172 g/mol. The van der Waals surface area contributed by atoms with E-state index >= 15 is 0 Å². The fourth-order valence-electron chi connectivity index (χ4n) is 1.52. The van der Waals surface area contributed by atoms with Crippen LogP contribution >= 0.6 is 11.6 Å². The molecule has 64 valence electrons. The van der Waals surface area contributed by atoms with Crippen LogP contribution in [0.25, 0.3) is 0 Å². The average Bonchev–Trinajstić information content (AvgIpc) is 2.58. The van der Waals surface area contributed by atoms with Crippen molar-refractivity contribution in [3.8, 4) is 0 Å². The first kappa shape index (κ1) is 8.09. The van der Waals surface area contributed by atoms with Crippen molar-refractivity contribution < 1.29 is 4.74 Å². The summed E-state index contributed by atoms with van der Waals surface area (Å²) in [6.45, 7) is 0.896. The Bertz CT molecular complexity index is 249. The van der Waals surface area contributed by atoms with Crippen LogP contribution in [0.1, 0.15) is 24.5 Å². The van der Waals surface area contributed by atoms with Crippen LogP contribution in [0, 0.1) is 0 Å². The van der Waals surface area contributed by atoms with E-state index in [9.17, 15) is 0 Å². The van der Waals surface area contributed by atoms with Crippen molar-refractivity contribution in [1.82, 2.24) is 0 Å². The Balaban J connectivity index is 2.17. The van der Waals surface area contributed by atoms with Crippen molar-refractivity contribution in [3.63, 3.8) is 0 Å². The molecule has 1 aliphatic rings. The van der Waals surface area contributed by atoms with Gasteiger partial charge in [-0.25, -0.2) is 0 Å². The van der Waals surface area contributed by atoms with E-state index in [1.807, 2.05) is 24.3 Å². The van der Waals surface area contributed by atoms with Crippen LogP contribution in [-0.4, -0.2) is 6.61 Å². The molecule has 2 rings (SSSR count). The number of halogens is 1. The fraction of sp³-hybridized carbons (Fsp3) is 0.400. The standard InChI is InChI=1S/C10H11ClO/c11-9-5-3-8(4-6-9)10-2-1-7-12-10/h3-6,10H,1-2,7H2. The van der Waals surface area contributed by atoms with Gasteiger partial charge < -0.3 is 4.74 Å². The second kappa shape index (κ2) is 3.46. The second-order valence-corrected chi connectivity index (χ2v) is 3.49. The van der Waals surface area contributed by atoms with Gasteiger partial charge in [0.1, 0.15) is 0 Å². The molecule has 1 aromatic rings. The van der Waals surface area contributed by atoms with E-state index in [-0.39, 0.29) is 0 Å². The summed E-state index contributed by atoms with van der Waals surface area (Å²) < 4.78 is 5.54. The highest BCUT2D eigenvalue weighted by atomic mass is 35.5. The maximum absolute atomic E-state index is 5.78. The summed E-state index contributed by atoms with van der Waals surface area (Å²) in [7, 11) is 0. The lowest BCUT2D eigenvalue weighted by molar-refractivity contribution is 0.112. The molecule has 12 heavy (non-hydrogen) atoms. The Labute approximate surface area is 77.3 Å². The molecule has 1 atom stereocenters. The Kier molecular flexibility index (Phi) is 2.33. The van der Waals surface area contributed by atoms with E-state index in [0.29, 0.717) is 6.10 Å². The summed E-state index contributed by atoms with van der Waals surface area (Å²) in [6, 6.07) is 7.91. The summed E-state index contributed by atoms with van der Waals surface area (Å²) in [6.07, 6.45) is 2.62. The van der Waals surface area contributed by atoms with Crippen LogP contribution < -0.4 is 0 Å². The van der Waals surface area contributed by atoms with Gasteiger partial charge in [0.15, 0.2) is 0 Å². The largest absolute Gasteiger partial charge is 0.374 e. The van der Waals surface area contributed by atoms with Gasteiger partial charge in [-0.05, 0) is 30.5 Å². The highest BCUT2D eigenvalue weighted by Gasteiger charge is 2.16. The molecule has 1 aromatic carbocycles. The number of benzene rings is 1. The lowest BCUT2D eigenvalue weighted by Gasteiger charge is -2.08. The predicted molar refractivity (Wildman–Crippen MR) is 49.4 cm³/mol. The maximum Gasteiger partial charge on any atom is 0.0825 e. The van der Waals surface area contributed by atoms with Crippen LogP contribution in [0.2, 0.25) is 5.02 Å². The molecular formula is C10H11ClO. The summed E-state index contributed by atoms with van der Waals surface area (Å²) in [4.78, 5) is 0. The van der Waals surface area contributed by atoms with E-state index in [1.54, 1.807) is 0 Å². The highest BCUT2D eigenvalue weighted by molar-refractivity contribution is 6.30. The third-order valence-electron chi connectivity index (χ3n) is 2.17. The predicted octanol–water partition coefficient (Wildman–Crippen LogP) is 3.19. The zero-order valence-electron chi connectivity index (χ0n) is 6.79. The van der Waals surface area contributed by atoms with Crippen molar-refractivity contribution >= 4 is 11.6 Å². The molecule has 1 nitrogen and oxygen atoms in total. The van der Waals surface area contributed by atoms with Crippen LogP contribution in [-0.2, 0) is 4.74 Å². The first-order chi connectivity index (χ1) is 5.86. The molecule has 0 saturated carbocycles. The Hall–Kier alpha value is -0.530. The Morgan fingerprint density at radius 2 is 2.00 bits per heavy atom. The molecule has 1 fully saturated rings. The molecule has 2 heteroatoms. The van der Waals surface area contributed by atoms with E-state index < -0.39 is 0 Å². The van der Waals surface area contributed by atoms with Gasteiger partial charge in [-0.2, -0.15) is 0 Å². The average molecular weight is 183 g/mol. The normalized spacial score (nSPS) is 22.9. The molecule has 1 aliphatic heterocycles. The first-order valence-corrected chi connectivity index (χ1v) is 4.61. The number of hydrogen-bond acceptors (Lipinski definition) is 1. The van der Waals surface area contributed by atoms with Gasteiger partial charge in [0, 0.05) is 11.6 Å². The van der Waals surface area contributed by atoms with Crippen molar-refractivity contribution in [2.24, 2.45) is 0 Å². The minimum absolute atomic E-state index is 0.308. The van der Waals surface area contributed by atoms with Crippen LogP contribution in [0.3, 0.4) is 0 Å². The fourth-order valence-corrected chi connectivity index (χ4v) is 1.64. The quantitative estimate of drug-likeness (QED) is 0.648. The minimum Gasteiger partial charge on any atom is -0.374 e. The lowest BCUT2D eigenvalue weighted by atomic mass is 10.1. The number of ether oxygens (including phenoxy) is 1. The lowest BCUT2D eigenvalue weighted by Crippen LogP contribution is -1.94. The Morgan fingerprint density at radius 1 is 1.25 bits per heavy atom. The van der Waals surface area contributed by atoms with Gasteiger partial charge in [-0.3, -0.25) is 0 Å². The van der Waals surface area contributed by atoms with Crippen molar-refractivity contribution in [3.05, 3.63) is 34.9 Å². The molecule has 0 bridgehead atoms. The second-order valence-electron chi connectivity index (χ2n) is 3.05. The van der Waals surface area contributed by atoms with Gasteiger partial charge in [0.05, 0.1) is 6.10 Å². The van der Waals surface area contributed by atoms with Gasteiger partial charge in [-0.1, -0.05) is 23.7 Å². The summed E-state index contributed by atoms with van der Waals surface area (Å²) >= 11 is 5.78. The molecule has 1 heterocycles. The molecule has 1 unspecified atom stereocenters. The summed E-state index contributed by atoms with van der Waals surface area (Å²) in [5.74, 6) is 0. The van der Waals surface area contributed by atoms with Gasteiger partial charge in [0.2, 0.25) is 0 Å². The van der Waals surface area contributed by atoms with Crippen LogP contribution in [0.4, 0.5) is 0 Å². The SMILES string of the molecule is Clc1ccc(C2CCCO2)cc1. The molecule has 0 amide bonds. The van der Waals surface area contributed by atoms with E-state index in [0.717, 1.165) is 18.1 Å². The molecule has 1 saturated heterocycles. The van der Waals surface area contributed by atoms with Gasteiger partial charge >= 0.3 is 0 Å². The number of hydrogen-bond donors (Lipinski definition) is 0. The van der Waals surface area contributed by atoms with Crippen LogP contribution in [0.5, 0.6) is 0 Å². The minimum atomic E-state index is 0.308. The monoisotopic (exact) mass is 182 g/mol. The molecule has 0 radical (unpaired) electrons. The molecule has 0 N–H and O–H groups in total. The van der Waals surface area contributed by atoms with E-state index in [2.05, 4.69) is 0 Å². The smallest absolute Gasteiger partial charge is 0.0825 e. The topological polar surface area (TPSA) is 9.23 Å². The zero-order valence-corrected chi connectivity index (χ0v) is 7.55. The van der Waals surface area contributed by atoms with E-state index in [1.165, 1.54) is 12.0 Å². The van der Waals surface area contributed by atoms with Crippen molar-refractivity contribution in [1.29, 1.82) is 0 Å². The molecule has 0 spiro atoms. The molecule has 0 aromatic heterocycles. The van der Waals surface area contributed by atoms with Gasteiger partial charge in [0.25, 0.3) is 0 Å². The highest BCUT2D eigenvalue weighted by Crippen LogP contribution is 2.28. The molecule has 0 aliphatic carbocycles. The van der Waals surface area contributed by atoms with Crippen LogP contribution in [0.15, 0.2) is 24.3 Å². The number of rotatable bonds is 1. The third kappa shape index (κ3) is 1.62. The van der Waals surface area contributed by atoms with Gasteiger partial charge in [-0.15, -0.1) is 0 Å². The third-order valence-corrected chi connectivity index (χ3v) is 2.42. The summed E-state index contributed by atoms with van der Waals surface area (Å²) in [5, 5.41) is 0.789. The van der Waals surface area contributed by atoms with Crippen molar-refractivity contribution in [2.75, 3.05) is 6.61 Å².